The zero-order valence-electron chi connectivity index (χ0n) is 12.9. The Labute approximate surface area is 129 Å². The van der Waals surface area contributed by atoms with E-state index >= 15 is 0 Å². The van der Waals surface area contributed by atoms with Crippen LogP contribution < -0.4 is 15.2 Å². The van der Waals surface area contributed by atoms with Crippen LogP contribution in [0.15, 0.2) is 37.2 Å². The molecular weight excluding hydrogens is 280 g/mol. The van der Waals surface area contributed by atoms with Crippen molar-refractivity contribution < 1.29 is 14.2 Å². The van der Waals surface area contributed by atoms with Crippen LogP contribution in [-0.2, 0) is 11.3 Å². The van der Waals surface area contributed by atoms with Crippen molar-refractivity contribution in [2.45, 2.75) is 32.9 Å². The number of nitrogens with zero attached hydrogens (tertiary/aromatic N) is 2. The third-order valence-corrected chi connectivity index (χ3v) is 3.49. The van der Waals surface area contributed by atoms with Gasteiger partial charge < -0.3 is 5.32 Å². The quantitative estimate of drug-likeness (QED) is 0.825. The first-order valence-electron chi connectivity index (χ1n) is 7.27. The second-order valence-corrected chi connectivity index (χ2v) is 5.15. The molecule has 3 amide bonds. The number of nitrogens with one attached hydrogen (secondary N) is 2. The van der Waals surface area contributed by atoms with Gasteiger partial charge >= 0.3 is 6.03 Å². The van der Waals surface area contributed by atoms with E-state index in [1.807, 2.05) is 42.7 Å². The van der Waals surface area contributed by atoms with E-state index in [1.54, 1.807) is 17.1 Å². The lowest BCUT2D eigenvalue weighted by atomic mass is 10.3. The van der Waals surface area contributed by atoms with Crippen LogP contribution in [0, 0.1) is 0 Å². The summed E-state index contributed by atoms with van der Waals surface area (Å²) >= 11 is 0. The van der Waals surface area contributed by atoms with E-state index < -0.39 is 6.03 Å². The second-order valence-electron chi connectivity index (χ2n) is 5.15. The summed E-state index contributed by atoms with van der Waals surface area (Å²) in [5.74, 6) is -0.363. The third-order valence-electron chi connectivity index (χ3n) is 3.49. The number of aromatic nitrogens is 2. The summed E-state index contributed by atoms with van der Waals surface area (Å²) in [6.45, 7) is 7.66. The number of hydrogen-bond donors (Lipinski definition) is 2. The van der Waals surface area contributed by atoms with Crippen LogP contribution in [0.5, 0.6) is 0 Å². The van der Waals surface area contributed by atoms with Crippen LogP contribution in [0.3, 0.4) is 0 Å². The molecule has 2 N–H and O–H groups in total. The van der Waals surface area contributed by atoms with Gasteiger partial charge in [0.2, 0.25) is 6.33 Å². The first-order valence-corrected chi connectivity index (χ1v) is 7.27. The summed E-state index contributed by atoms with van der Waals surface area (Å²) in [6, 6.07) is 7.25. The Morgan fingerprint density at radius 1 is 1.41 bits per heavy atom. The highest BCUT2D eigenvalue weighted by molar-refractivity contribution is 5.93. The molecule has 1 atom stereocenters. The molecule has 6 heteroatoms. The monoisotopic (exact) mass is 301 g/mol. The number of benzene rings is 1. The van der Waals surface area contributed by atoms with Crippen molar-refractivity contribution in [2.75, 3.05) is 0 Å². The van der Waals surface area contributed by atoms with Gasteiger partial charge in [0.25, 0.3) is 5.91 Å². The number of fused-ring (bicyclic) bond motifs is 1. The van der Waals surface area contributed by atoms with Crippen molar-refractivity contribution in [3.05, 3.63) is 37.2 Å². The first kappa shape index (κ1) is 15.8. The fraction of sp³-hybridized carbons (Fsp3) is 0.312. The average Bonchev–Trinajstić information content (AvgIpc) is 2.85. The summed E-state index contributed by atoms with van der Waals surface area (Å²) in [4.78, 5) is 23.7. The maximum atomic E-state index is 12.0. The van der Waals surface area contributed by atoms with Gasteiger partial charge in [-0.3, -0.25) is 10.1 Å². The average molecular weight is 301 g/mol. The highest BCUT2D eigenvalue weighted by Crippen LogP contribution is 2.10. The molecule has 6 nitrogen and oxygen atoms in total. The summed E-state index contributed by atoms with van der Waals surface area (Å²) in [5.41, 5.74) is 1.86. The highest BCUT2D eigenvalue weighted by atomic mass is 16.2. The summed E-state index contributed by atoms with van der Waals surface area (Å²) < 4.78 is 3.62. The molecule has 2 rings (SSSR count). The Hall–Kier alpha value is -2.63. The second kappa shape index (κ2) is 6.89. The Morgan fingerprint density at radius 2 is 2.14 bits per heavy atom. The summed E-state index contributed by atoms with van der Waals surface area (Å²) in [7, 11) is 0. The largest absolute Gasteiger partial charge is 0.335 e. The zero-order valence-corrected chi connectivity index (χ0v) is 12.9. The normalized spacial score (nSPS) is 11.9. The van der Waals surface area contributed by atoms with E-state index in [0.29, 0.717) is 0 Å². The molecule has 0 aliphatic carbocycles. The van der Waals surface area contributed by atoms with Crippen molar-refractivity contribution in [3.8, 4) is 0 Å². The molecule has 1 aromatic heterocycles. The fourth-order valence-electron chi connectivity index (χ4n) is 2.15. The van der Waals surface area contributed by atoms with E-state index in [9.17, 15) is 9.59 Å². The number of urea groups is 1. The minimum absolute atomic E-state index is 0.0307. The smallest absolute Gasteiger partial charge is 0.321 e. The number of imide groups is 1. The lowest BCUT2D eigenvalue weighted by molar-refractivity contribution is -0.658. The van der Waals surface area contributed by atoms with Gasteiger partial charge in [-0.1, -0.05) is 25.6 Å². The molecule has 0 aliphatic heterocycles. The molecular formula is C16H21N4O2+. The van der Waals surface area contributed by atoms with Crippen LogP contribution in [0.4, 0.5) is 4.79 Å². The first-order chi connectivity index (χ1) is 10.5. The predicted octanol–water partition coefficient (Wildman–Crippen LogP) is 1.65. The van der Waals surface area contributed by atoms with E-state index in [-0.39, 0.29) is 18.5 Å². The Kier molecular flexibility index (Phi) is 4.93. The van der Waals surface area contributed by atoms with Gasteiger partial charge in [-0.25, -0.2) is 13.9 Å². The fourth-order valence-corrected chi connectivity index (χ4v) is 2.15. The van der Waals surface area contributed by atoms with Crippen LogP contribution in [-0.4, -0.2) is 22.5 Å². The molecule has 116 valence electrons. The van der Waals surface area contributed by atoms with Crippen molar-refractivity contribution in [1.82, 2.24) is 15.2 Å². The van der Waals surface area contributed by atoms with Crippen molar-refractivity contribution in [3.63, 3.8) is 0 Å². The Morgan fingerprint density at radius 3 is 2.82 bits per heavy atom. The minimum atomic E-state index is -0.465. The number of amides is 3. The standard InChI is InChI=1S/C16H20N4O2/c1-4-12(3)17-16(22)18-15(21)10-20-11-19(5-2)13-8-6-7-9-14(13)20/h5-9,11-12H,2,4,10H2,1,3H3,(H-,17,18,21,22)/p+1/t12-/m1/s1. The number of imidazole rings is 1. The van der Waals surface area contributed by atoms with Crippen LogP contribution in [0.25, 0.3) is 17.2 Å². The van der Waals surface area contributed by atoms with Gasteiger partial charge in [-0.05, 0) is 25.5 Å². The molecule has 0 radical (unpaired) electrons. The Bertz CT molecular complexity index is 705. The SMILES string of the molecule is C=Cn1c[n+](CC(=O)NC(=O)N[C@H](C)CC)c2ccccc21. The van der Waals surface area contributed by atoms with Gasteiger partial charge in [-0.2, -0.15) is 0 Å². The molecule has 0 saturated carbocycles. The number of carbonyl (C=O) groups is 2. The molecule has 0 fully saturated rings. The van der Waals surface area contributed by atoms with E-state index in [0.717, 1.165) is 17.5 Å². The lowest BCUT2D eigenvalue weighted by Gasteiger charge is -2.11. The summed E-state index contributed by atoms with van der Waals surface area (Å²) in [5, 5.41) is 5.04. The van der Waals surface area contributed by atoms with Crippen LogP contribution >= 0.6 is 0 Å². The molecule has 1 heterocycles. The van der Waals surface area contributed by atoms with Gasteiger partial charge in [0.1, 0.15) is 0 Å². The minimum Gasteiger partial charge on any atom is -0.335 e. The molecule has 2 aromatic rings. The van der Waals surface area contributed by atoms with E-state index in [4.69, 9.17) is 0 Å². The third kappa shape index (κ3) is 3.52. The number of carbonyl (C=O) groups excluding carboxylic acids is 2. The zero-order chi connectivity index (χ0) is 16.1. The van der Waals surface area contributed by atoms with Crippen LogP contribution in [0.2, 0.25) is 0 Å². The lowest BCUT2D eigenvalue weighted by Crippen LogP contribution is -2.48. The molecule has 22 heavy (non-hydrogen) atoms. The maximum Gasteiger partial charge on any atom is 0.321 e. The summed E-state index contributed by atoms with van der Waals surface area (Å²) in [6.07, 6.45) is 4.26. The van der Waals surface area contributed by atoms with Crippen molar-refractivity contribution in [2.24, 2.45) is 0 Å². The van der Waals surface area contributed by atoms with E-state index in [2.05, 4.69) is 17.2 Å². The number of hydrogen-bond acceptors (Lipinski definition) is 2. The van der Waals surface area contributed by atoms with Gasteiger partial charge in [0.05, 0.1) is 6.20 Å². The Balaban J connectivity index is 2.09. The van der Waals surface area contributed by atoms with Gasteiger partial charge in [-0.15, -0.1) is 0 Å². The molecule has 0 unspecified atom stereocenters. The highest BCUT2D eigenvalue weighted by Gasteiger charge is 2.17. The molecule has 0 aliphatic rings. The van der Waals surface area contributed by atoms with Crippen molar-refractivity contribution in [1.29, 1.82) is 0 Å². The molecule has 0 bridgehead atoms. The van der Waals surface area contributed by atoms with Crippen molar-refractivity contribution >= 4 is 29.2 Å². The van der Waals surface area contributed by atoms with Gasteiger partial charge in [0.15, 0.2) is 17.6 Å². The number of para-hydroxylation sites is 2. The topological polar surface area (TPSA) is 67.0 Å². The number of rotatable bonds is 5. The molecule has 1 aromatic carbocycles. The molecule has 0 saturated heterocycles. The van der Waals surface area contributed by atoms with Crippen LogP contribution in [0.1, 0.15) is 20.3 Å². The maximum absolute atomic E-state index is 12.0. The van der Waals surface area contributed by atoms with E-state index in [1.165, 1.54) is 0 Å². The van der Waals surface area contributed by atoms with Gasteiger partial charge in [0, 0.05) is 6.04 Å². The molecule has 0 spiro atoms. The predicted molar refractivity (Wildman–Crippen MR) is 84.9 cm³/mol.